The Morgan fingerprint density at radius 1 is 1.42 bits per heavy atom. The lowest BCUT2D eigenvalue weighted by atomic mass is 9.78. The molecule has 0 aromatic heterocycles. The van der Waals surface area contributed by atoms with Gasteiger partial charge in [-0.1, -0.05) is 31.4 Å². The summed E-state index contributed by atoms with van der Waals surface area (Å²) < 4.78 is 5.41. The Morgan fingerprint density at radius 2 is 2.11 bits per heavy atom. The van der Waals surface area contributed by atoms with Gasteiger partial charge >= 0.3 is 0 Å². The van der Waals surface area contributed by atoms with E-state index in [1.807, 2.05) is 18.2 Å². The van der Waals surface area contributed by atoms with Gasteiger partial charge in [0, 0.05) is 11.1 Å². The highest BCUT2D eigenvalue weighted by Crippen LogP contribution is 2.42. The summed E-state index contributed by atoms with van der Waals surface area (Å²) in [6.07, 6.45) is 5.88. The summed E-state index contributed by atoms with van der Waals surface area (Å²) >= 11 is 6.09. The van der Waals surface area contributed by atoms with Crippen molar-refractivity contribution < 1.29 is 4.74 Å². The number of nitrogens with one attached hydrogen (secondary N) is 1. The first-order valence-corrected chi connectivity index (χ1v) is 7.25. The molecular formula is C15H23ClN2O. The quantitative estimate of drug-likeness (QED) is 0.643. The van der Waals surface area contributed by atoms with E-state index in [0.29, 0.717) is 0 Å². The van der Waals surface area contributed by atoms with Gasteiger partial charge in [0.05, 0.1) is 7.11 Å². The van der Waals surface area contributed by atoms with Gasteiger partial charge in [-0.25, -0.2) is 0 Å². The number of halogens is 1. The molecule has 0 amide bonds. The molecule has 0 radical (unpaired) electrons. The molecule has 1 aliphatic carbocycles. The van der Waals surface area contributed by atoms with Crippen LogP contribution in [0.2, 0.25) is 5.02 Å². The molecule has 1 saturated carbocycles. The molecule has 1 unspecified atom stereocenters. The fourth-order valence-corrected chi connectivity index (χ4v) is 3.36. The predicted octanol–water partition coefficient (Wildman–Crippen LogP) is 3.30. The van der Waals surface area contributed by atoms with Crippen LogP contribution in [0.3, 0.4) is 0 Å². The Bertz CT molecular complexity index is 430. The Hall–Kier alpha value is -0.770. The highest BCUT2D eigenvalue weighted by atomic mass is 35.5. The van der Waals surface area contributed by atoms with Gasteiger partial charge in [-0.05, 0) is 48.4 Å². The molecule has 1 aromatic carbocycles. The summed E-state index contributed by atoms with van der Waals surface area (Å²) in [4.78, 5) is 0. The molecule has 1 aromatic rings. The number of methoxy groups -OCH3 is 1. The number of hydrogen-bond acceptors (Lipinski definition) is 3. The van der Waals surface area contributed by atoms with E-state index in [1.165, 1.54) is 25.7 Å². The molecular weight excluding hydrogens is 260 g/mol. The molecule has 3 nitrogen and oxygen atoms in total. The Balaban J connectivity index is 2.20. The average molecular weight is 283 g/mol. The number of rotatable bonds is 5. The number of hydrogen-bond donors (Lipinski definition) is 2. The van der Waals surface area contributed by atoms with Crippen LogP contribution in [0.5, 0.6) is 5.75 Å². The van der Waals surface area contributed by atoms with Crippen LogP contribution in [0.15, 0.2) is 18.2 Å². The van der Waals surface area contributed by atoms with Crippen LogP contribution in [0, 0.1) is 5.41 Å². The summed E-state index contributed by atoms with van der Waals surface area (Å²) in [6.45, 7) is 2.32. The second-order valence-electron chi connectivity index (χ2n) is 5.74. The van der Waals surface area contributed by atoms with Crippen molar-refractivity contribution in [3.05, 3.63) is 28.8 Å². The van der Waals surface area contributed by atoms with Gasteiger partial charge in [-0.3, -0.25) is 11.3 Å². The maximum atomic E-state index is 6.09. The molecule has 2 rings (SSSR count). The van der Waals surface area contributed by atoms with Crippen LogP contribution in [0.4, 0.5) is 0 Å². The Labute approximate surface area is 120 Å². The molecule has 0 heterocycles. The molecule has 1 aliphatic rings. The summed E-state index contributed by atoms with van der Waals surface area (Å²) in [5.74, 6) is 6.67. The van der Waals surface area contributed by atoms with Crippen molar-refractivity contribution in [2.24, 2.45) is 11.3 Å². The van der Waals surface area contributed by atoms with E-state index in [0.717, 1.165) is 22.8 Å². The Kier molecular flexibility index (Phi) is 4.71. The smallest absolute Gasteiger partial charge is 0.122 e. The lowest BCUT2D eigenvalue weighted by Crippen LogP contribution is -2.47. The zero-order valence-corrected chi connectivity index (χ0v) is 12.5. The van der Waals surface area contributed by atoms with E-state index >= 15 is 0 Å². The first-order valence-electron chi connectivity index (χ1n) is 6.87. The van der Waals surface area contributed by atoms with Gasteiger partial charge < -0.3 is 4.74 Å². The zero-order chi connectivity index (χ0) is 13.9. The molecule has 1 fully saturated rings. The summed E-state index contributed by atoms with van der Waals surface area (Å²) in [5, 5.41) is 0.739. The fourth-order valence-electron chi connectivity index (χ4n) is 3.16. The van der Waals surface area contributed by atoms with E-state index in [4.69, 9.17) is 22.2 Å². The lowest BCUT2D eigenvalue weighted by molar-refractivity contribution is 0.219. The largest absolute Gasteiger partial charge is 0.496 e. The SMILES string of the molecule is COc1ccc(Cl)cc1CC(NN)C1(C)CCCC1. The highest BCUT2D eigenvalue weighted by Gasteiger charge is 2.36. The molecule has 0 bridgehead atoms. The maximum Gasteiger partial charge on any atom is 0.122 e. The van der Waals surface area contributed by atoms with Gasteiger partial charge in [-0.2, -0.15) is 0 Å². The normalized spacial score (nSPS) is 19.4. The second-order valence-corrected chi connectivity index (χ2v) is 6.18. The molecule has 3 N–H and O–H groups in total. The van der Waals surface area contributed by atoms with Gasteiger partial charge in [0.1, 0.15) is 5.75 Å². The molecule has 0 spiro atoms. The van der Waals surface area contributed by atoms with Crippen molar-refractivity contribution in [3.63, 3.8) is 0 Å². The number of benzene rings is 1. The molecule has 1 atom stereocenters. The van der Waals surface area contributed by atoms with Crippen LogP contribution in [0.1, 0.15) is 38.2 Å². The van der Waals surface area contributed by atoms with Crippen LogP contribution in [-0.2, 0) is 6.42 Å². The minimum atomic E-state index is 0.252. The summed E-state index contributed by atoms with van der Waals surface area (Å²) in [6, 6.07) is 6.00. The third-order valence-electron chi connectivity index (χ3n) is 4.45. The van der Waals surface area contributed by atoms with Crippen LogP contribution in [0.25, 0.3) is 0 Å². The molecule has 0 aliphatic heterocycles. The molecule has 0 saturated heterocycles. The van der Waals surface area contributed by atoms with E-state index < -0.39 is 0 Å². The van der Waals surface area contributed by atoms with E-state index in [2.05, 4.69) is 12.3 Å². The second kappa shape index (κ2) is 6.12. The standard InChI is InChI=1S/C15H23ClN2O/c1-15(7-3-4-8-15)14(18-17)10-11-9-12(16)5-6-13(11)19-2/h5-6,9,14,18H,3-4,7-8,10,17H2,1-2H3. The maximum absolute atomic E-state index is 6.09. The van der Waals surface area contributed by atoms with Gasteiger partial charge in [-0.15, -0.1) is 0 Å². The monoisotopic (exact) mass is 282 g/mol. The molecule has 106 valence electrons. The van der Waals surface area contributed by atoms with Gasteiger partial charge in [0.25, 0.3) is 0 Å². The number of hydrazine groups is 1. The van der Waals surface area contributed by atoms with Gasteiger partial charge in [0.15, 0.2) is 0 Å². The Morgan fingerprint density at radius 3 is 2.68 bits per heavy atom. The van der Waals surface area contributed by atoms with E-state index in [1.54, 1.807) is 7.11 Å². The summed E-state index contributed by atoms with van der Waals surface area (Å²) in [7, 11) is 1.69. The third kappa shape index (κ3) is 3.22. The van der Waals surface area contributed by atoms with Crippen molar-refractivity contribution in [1.82, 2.24) is 5.43 Å². The first kappa shape index (κ1) is 14.6. The van der Waals surface area contributed by atoms with Crippen molar-refractivity contribution in [2.75, 3.05) is 7.11 Å². The predicted molar refractivity (Wildman–Crippen MR) is 79.4 cm³/mol. The van der Waals surface area contributed by atoms with Gasteiger partial charge in [0.2, 0.25) is 0 Å². The number of nitrogens with two attached hydrogens (primary N) is 1. The van der Waals surface area contributed by atoms with Crippen molar-refractivity contribution in [3.8, 4) is 5.75 Å². The minimum absolute atomic E-state index is 0.252. The topological polar surface area (TPSA) is 47.3 Å². The molecule has 4 heteroatoms. The van der Waals surface area contributed by atoms with Crippen molar-refractivity contribution >= 4 is 11.6 Å². The number of ether oxygens (including phenoxy) is 1. The third-order valence-corrected chi connectivity index (χ3v) is 4.69. The van der Waals surface area contributed by atoms with Crippen molar-refractivity contribution in [1.29, 1.82) is 0 Å². The van der Waals surface area contributed by atoms with E-state index in [9.17, 15) is 0 Å². The minimum Gasteiger partial charge on any atom is -0.496 e. The fraction of sp³-hybridized carbons (Fsp3) is 0.600. The zero-order valence-electron chi connectivity index (χ0n) is 11.7. The van der Waals surface area contributed by atoms with Crippen molar-refractivity contribution in [2.45, 2.75) is 45.1 Å². The van der Waals surface area contributed by atoms with Crippen LogP contribution >= 0.6 is 11.6 Å². The highest BCUT2D eigenvalue weighted by molar-refractivity contribution is 6.30. The lowest BCUT2D eigenvalue weighted by Gasteiger charge is -2.34. The average Bonchev–Trinajstić information content (AvgIpc) is 2.84. The summed E-state index contributed by atoms with van der Waals surface area (Å²) in [5.41, 5.74) is 4.39. The first-order chi connectivity index (χ1) is 9.09. The van der Waals surface area contributed by atoms with E-state index in [-0.39, 0.29) is 11.5 Å². The molecule has 19 heavy (non-hydrogen) atoms. The van der Waals surface area contributed by atoms with Crippen LogP contribution in [-0.4, -0.2) is 13.2 Å². The van der Waals surface area contributed by atoms with Crippen LogP contribution < -0.4 is 16.0 Å².